The summed E-state index contributed by atoms with van der Waals surface area (Å²) in [6.07, 6.45) is 1.72. The molecule has 1 fully saturated rings. The van der Waals surface area contributed by atoms with Crippen molar-refractivity contribution in [1.29, 1.82) is 0 Å². The maximum absolute atomic E-state index is 13.5. The molecule has 0 saturated carbocycles. The third-order valence-corrected chi connectivity index (χ3v) is 3.89. The second kappa shape index (κ2) is 7.45. The van der Waals surface area contributed by atoms with E-state index in [4.69, 9.17) is 0 Å². The number of amides is 1. The fourth-order valence-corrected chi connectivity index (χ4v) is 2.53. The number of halogens is 2. The number of benzene rings is 1. The van der Waals surface area contributed by atoms with Crippen LogP contribution in [0.2, 0.25) is 0 Å². The Labute approximate surface area is 128 Å². The van der Waals surface area contributed by atoms with E-state index in [1.165, 1.54) is 0 Å². The molecule has 1 aliphatic rings. The molecule has 0 unspecified atom stereocenters. The first kappa shape index (κ1) is 16.5. The highest BCUT2D eigenvalue weighted by molar-refractivity contribution is 5.98. The zero-order valence-corrected chi connectivity index (χ0v) is 12.6. The number of rotatable bonds is 5. The number of hydrogen-bond donors (Lipinski definition) is 1. The van der Waals surface area contributed by atoms with E-state index in [9.17, 15) is 18.4 Å². The van der Waals surface area contributed by atoms with Gasteiger partial charge in [0.15, 0.2) is 5.78 Å². The van der Waals surface area contributed by atoms with E-state index in [0.29, 0.717) is 6.07 Å². The van der Waals surface area contributed by atoms with Crippen LogP contribution in [0.5, 0.6) is 0 Å². The van der Waals surface area contributed by atoms with Crippen LogP contribution >= 0.6 is 0 Å². The Kier molecular flexibility index (Phi) is 5.60. The average Bonchev–Trinajstić information content (AvgIpc) is 2.47. The summed E-state index contributed by atoms with van der Waals surface area (Å²) in [5, 5.41) is 2.90. The second-order valence-corrected chi connectivity index (χ2v) is 5.69. The third-order valence-electron chi connectivity index (χ3n) is 3.89. The number of nitrogens with one attached hydrogen (secondary N) is 1. The monoisotopic (exact) mass is 310 g/mol. The van der Waals surface area contributed by atoms with Gasteiger partial charge in [0.1, 0.15) is 11.6 Å². The predicted molar refractivity (Wildman–Crippen MR) is 78.6 cm³/mol. The van der Waals surface area contributed by atoms with E-state index in [-0.39, 0.29) is 30.4 Å². The van der Waals surface area contributed by atoms with Crippen molar-refractivity contribution in [3.63, 3.8) is 0 Å². The number of piperidine rings is 1. The van der Waals surface area contributed by atoms with Crippen LogP contribution in [0.4, 0.5) is 8.78 Å². The van der Waals surface area contributed by atoms with Gasteiger partial charge >= 0.3 is 0 Å². The molecule has 22 heavy (non-hydrogen) atoms. The Morgan fingerprint density at radius 1 is 1.23 bits per heavy atom. The SMILES string of the molecule is CN1CCC(NC(=O)CCC(=O)c2ccc(F)cc2F)CC1. The quantitative estimate of drug-likeness (QED) is 0.848. The molecule has 0 aliphatic carbocycles. The summed E-state index contributed by atoms with van der Waals surface area (Å²) < 4.78 is 26.3. The Morgan fingerprint density at radius 2 is 1.91 bits per heavy atom. The molecule has 1 aromatic carbocycles. The molecule has 0 radical (unpaired) electrons. The summed E-state index contributed by atoms with van der Waals surface area (Å²) in [5.41, 5.74) is -0.173. The summed E-state index contributed by atoms with van der Waals surface area (Å²) in [6, 6.07) is 2.96. The van der Waals surface area contributed by atoms with E-state index in [2.05, 4.69) is 10.2 Å². The van der Waals surface area contributed by atoms with Crippen molar-refractivity contribution in [3.8, 4) is 0 Å². The van der Waals surface area contributed by atoms with Crippen LogP contribution in [0.1, 0.15) is 36.0 Å². The van der Waals surface area contributed by atoms with E-state index in [1.807, 2.05) is 7.05 Å². The Balaban J connectivity index is 1.79. The van der Waals surface area contributed by atoms with Gasteiger partial charge in [-0.3, -0.25) is 9.59 Å². The molecule has 4 nitrogen and oxygen atoms in total. The van der Waals surface area contributed by atoms with Crippen LogP contribution in [0, 0.1) is 11.6 Å². The molecule has 0 atom stereocenters. The van der Waals surface area contributed by atoms with Crippen molar-refractivity contribution < 1.29 is 18.4 Å². The topological polar surface area (TPSA) is 49.4 Å². The summed E-state index contributed by atoms with van der Waals surface area (Å²) in [4.78, 5) is 25.9. The summed E-state index contributed by atoms with van der Waals surface area (Å²) in [5.74, 6) is -2.31. The molecule has 2 rings (SSSR count). The number of likely N-dealkylation sites (tertiary alicyclic amines) is 1. The van der Waals surface area contributed by atoms with Crippen molar-refractivity contribution in [1.82, 2.24) is 10.2 Å². The van der Waals surface area contributed by atoms with Gasteiger partial charge in [-0.1, -0.05) is 0 Å². The number of hydrogen-bond acceptors (Lipinski definition) is 3. The minimum Gasteiger partial charge on any atom is -0.353 e. The van der Waals surface area contributed by atoms with Crippen LogP contribution in [-0.2, 0) is 4.79 Å². The minimum absolute atomic E-state index is 0.0159. The lowest BCUT2D eigenvalue weighted by molar-refractivity contribution is -0.122. The molecule has 1 amide bonds. The van der Waals surface area contributed by atoms with Crippen LogP contribution < -0.4 is 5.32 Å². The molecule has 1 saturated heterocycles. The number of Topliss-reactive ketones (excluding diaryl/α,β-unsaturated/α-hetero) is 1. The van der Waals surface area contributed by atoms with Crippen LogP contribution in [-0.4, -0.2) is 42.8 Å². The zero-order valence-electron chi connectivity index (χ0n) is 12.6. The summed E-state index contributed by atoms with van der Waals surface area (Å²) >= 11 is 0. The van der Waals surface area contributed by atoms with E-state index >= 15 is 0 Å². The van der Waals surface area contributed by atoms with Gasteiger partial charge in [0, 0.05) is 24.9 Å². The molecular formula is C16H20F2N2O2. The third kappa shape index (κ3) is 4.59. The molecule has 120 valence electrons. The smallest absolute Gasteiger partial charge is 0.220 e. The summed E-state index contributed by atoms with van der Waals surface area (Å²) in [6.45, 7) is 1.87. The number of nitrogens with zero attached hydrogens (tertiary/aromatic N) is 1. The lowest BCUT2D eigenvalue weighted by Gasteiger charge is -2.29. The second-order valence-electron chi connectivity index (χ2n) is 5.69. The maximum atomic E-state index is 13.5. The minimum atomic E-state index is -0.888. The van der Waals surface area contributed by atoms with Crippen molar-refractivity contribution in [2.75, 3.05) is 20.1 Å². The summed E-state index contributed by atoms with van der Waals surface area (Å²) in [7, 11) is 2.04. The molecular weight excluding hydrogens is 290 g/mol. The van der Waals surface area contributed by atoms with Gasteiger partial charge in [0.2, 0.25) is 5.91 Å². The molecule has 0 bridgehead atoms. The van der Waals surface area contributed by atoms with E-state index < -0.39 is 17.4 Å². The van der Waals surface area contributed by atoms with Crippen LogP contribution in [0.3, 0.4) is 0 Å². The van der Waals surface area contributed by atoms with E-state index in [1.54, 1.807) is 0 Å². The number of carbonyl (C=O) groups excluding carboxylic acids is 2. The van der Waals surface area contributed by atoms with Gasteiger partial charge in [-0.05, 0) is 45.1 Å². The Hall–Kier alpha value is -1.82. The van der Waals surface area contributed by atoms with Crippen molar-refractivity contribution in [2.45, 2.75) is 31.7 Å². The fraction of sp³-hybridized carbons (Fsp3) is 0.500. The highest BCUT2D eigenvalue weighted by Crippen LogP contribution is 2.13. The number of carbonyl (C=O) groups is 2. The lowest BCUT2D eigenvalue weighted by Crippen LogP contribution is -2.43. The molecule has 1 heterocycles. The van der Waals surface area contributed by atoms with Gasteiger partial charge < -0.3 is 10.2 Å². The van der Waals surface area contributed by atoms with Gasteiger partial charge in [-0.2, -0.15) is 0 Å². The van der Waals surface area contributed by atoms with E-state index in [0.717, 1.165) is 38.1 Å². The van der Waals surface area contributed by atoms with Gasteiger partial charge in [-0.15, -0.1) is 0 Å². The average molecular weight is 310 g/mol. The standard InChI is InChI=1S/C16H20F2N2O2/c1-20-8-6-12(7-9-20)19-16(22)5-4-15(21)13-3-2-11(17)10-14(13)18/h2-3,10,12H,4-9H2,1H3,(H,19,22). The largest absolute Gasteiger partial charge is 0.353 e. The highest BCUT2D eigenvalue weighted by atomic mass is 19.1. The van der Waals surface area contributed by atoms with Crippen molar-refractivity contribution in [2.24, 2.45) is 0 Å². The first-order valence-electron chi connectivity index (χ1n) is 7.42. The first-order chi connectivity index (χ1) is 10.5. The molecule has 0 spiro atoms. The van der Waals surface area contributed by atoms with Crippen LogP contribution in [0.15, 0.2) is 18.2 Å². The number of ketones is 1. The molecule has 0 aromatic heterocycles. The van der Waals surface area contributed by atoms with Gasteiger partial charge in [0.05, 0.1) is 5.56 Å². The van der Waals surface area contributed by atoms with Crippen molar-refractivity contribution in [3.05, 3.63) is 35.4 Å². The first-order valence-corrected chi connectivity index (χ1v) is 7.42. The fourth-order valence-electron chi connectivity index (χ4n) is 2.53. The molecule has 1 aromatic rings. The normalized spacial score (nSPS) is 16.5. The predicted octanol–water partition coefficient (Wildman–Crippen LogP) is 2.14. The highest BCUT2D eigenvalue weighted by Gasteiger charge is 2.19. The lowest BCUT2D eigenvalue weighted by atomic mass is 10.0. The Morgan fingerprint density at radius 3 is 2.55 bits per heavy atom. The Bertz CT molecular complexity index is 555. The zero-order chi connectivity index (χ0) is 16.1. The molecule has 6 heteroatoms. The molecule has 1 aliphatic heterocycles. The van der Waals surface area contributed by atoms with Gasteiger partial charge in [0.25, 0.3) is 0 Å². The maximum Gasteiger partial charge on any atom is 0.220 e. The van der Waals surface area contributed by atoms with Gasteiger partial charge in [-0.25, -0.2) is 8.78 Å². The van der Waals surface area contributed by atoms with Crippen LogP contribution in [0.25, 0.3) is 0 Å². The van der Waals surface area contributed by atoms with Crippen molar-refractivity contribution >= 4 is 11.7 Å². The molecule has 1 N–H and O–H groups in total.